The number of carbonyl (C=O) groups is 1. The van der Waals surface area contributed by atoms with Crippen molar-refractivity contribution in [3.8, 4) is 0 Å². The lowest BCUT2D eigenvalue weighted by Gasteiger charge is -2.41. The fourth-order valence-corrected chi connectivity index (χ4v) is 3.16. The normalized spacial score (nSPS) is 44.1. The maximum atomic E-state index is 11.2. The van der Waals surface area contributed by atoms with E-state index in [-0.39, 0.29) is 17.0 Å². The largest absolute Gasteiger partial charge is 0.375 e. The Kier molecular flexibility index (Phi) is 1.93. The number of ether oxygens (including phenoxy) is 1. The molecule has 0 bridgehead atoms. The van der Waals surface area contributed by atoms with E-state index in [0.29, 0.717) is 0 Å². The molecular formula is C12H17NO2. The molecule has 2 fully saturated rings. The first-order valence-corrected chi connectivity index (χ1v) is 5.88. The van der Waals surface area contributed by atoms with Crippen molar-refractivity contribution in [2.45, 2.75) is 49.7 Å². The van der Waals surface area contributed by atoms with E-state index in [2.05, 4.69) is 11.4 Å². The van der Waals surface area contributed by atoms with Gasteiger partial charge in [0.25, 0.3) is 0 Å². The highest BCUT2D eigenvalue weighted by Gasteiger charge is 2.45. The summed E-state index contributed by atoms with van der Waals surface area (Å²) in [6.45, 7) is 0.926. The Morgan fingerprint density at radius 2 is 2.00 bits per heavy atom. The van der Waals surface area contributed by atoms with Gasteiger partial charge in [0.05, 0.1) is 11.1 Å². The predicted molar refractivity (Wildman–Crippen MR) is 56.4 cm³/mol. The molecule has 82 valence electrons. The van der Waals surface area contributed by atoms with E-state index in [1.165, 1.54) is 12.8 Å². The lowest BCUT2D eigenvalue weighted by Crippen LogP contribution is -2.49. The van der Waals surface area contributed by atoms with E-state index in [9.17, 15) is 4.79 Å². The SMILES string of the molecule is O=C1C=CC2(CCC3(CCCO3)CC2)N1. The number of hydrogen-bond donors (Lipinski definition) is 1. The number of nitrogens with one attached hydrogen (secondary N) is 1. The van der Waals surface area contributed by atoms with Gasteiger partial charge in [-0.3, -0.25) is 4.79 Å². The van der Waals surface area contributed by atoms with Crippen molar-refractivity contribution in [3.05, 3.63) is 12.2 Å². The van der Waals surface area contributed by atoms with Crippen molar-refractivity contribution in [2.75, 3.05) is 6.61 Å². The van der Waals surface area contributed by atoms with Gasteiger partial charge in [-0.05, 0) is 38.5 Å². The predicted octanol–water partition coefficient (Wildman–Crippen LogP) is 1.53. The van der Waals surface area contributed by atoms with Gasteiger partial charge in [0.15, 0.2) is 0 Å². The van der Waals surface area contributed by atoms with Crippen molar-refractivity contribution < 1.29 is 9.53 Å². The molecule has 3 aliphatic rings. The van der Waals surface area contributed by atoms with Crippen LogP contribution in [0.25, 0.3) is 0 Å². The van der Waals surface area contributed by atoms with Gasteiger partial charge in [0.1, 0.15) is 0 Å². The molecule has 2 spiro atoms. The molecular weight excluding hydrogens is 190 g/mol. The summed E-state index contributed by atoms with van der Waals surface area (Å²) >= 11 is 0. The molecule has 0 atom stereocenters. The summed E-state index contributed by atoms with van der Waals surface area (Å²) in [7, 11) is 0. The van der Waals surface area contributed by atoms with Crippen LogP contribution in [0.2, 0.25) is 0 Å². The van der Waals surface area contributed by atoms with E-state index in [1.54, 1.807) is 6.08 Å². The van der Waals surface area contributed by atoms with Crippen molar-refractivity contribution in [1.29, 1.82) is 0 Å². The minimum absolute atomic E-state index is 0.0334. The van der Waals surface area contributed by atoms with Gasteiger partial charge in [-0.2, -0.15) is 0 Å². The number of amides is 1. The average molecular weight is 207 g/mol. The topological polar surface area (TPSA) is 38.3 Å². The van der Waals surface area contributed by atoms with Gasteiger partial charge in [-0.1, -0.05) is 6.08 Å². The van der Waals surface area contributed by atoms with Crippen LogP contribution in [-0.2, 0) is 9.53 Å². The second-order valence-corrected chi connectivity index (χ2v) is 5.11. The second kappa shape index (κ2) is 3.08. The molecule has 0 aromatic heterocycles. The van der Waals surface area contributed by atoms with Gasteiger partial charge in [-0.25, -0.2) is 0 Å². The quantitative estimate of drug-likeness (QED) is 0.654. The summed E-state index contributed by atoms with van der Waals surface area (Å²) in [6, 6.07) is 0. The first-order valence-electron chi connectivity index (χ1n) is 5.88. The summed E-state index contributed by atoms with van der Waals surface area (Å²) in [4.78, 5) is 11.2. The third-order valence-electron chi connectivity index (χ3n) is 4.16. The molecule has 2 aliphatic heterocycles. The Bertz CT molecular complexity index is 306. The summed E-state index contributed by atoms with van der Waals surface area (Å²) < 4.78 is 5.87. The molecule has 1 saturated carbocycles. The summed E-state index contributed by atoms with van der Waals surface area (Å²) in [5.41, 5.74) is 0.126. The van der Waals surface area contributed by atoms with Crippen LogP contribution in [0.3, 0.4) is 0 Å². The third kappa shape index (κ3) is 1.49. The highest BCUT2D eigenvalue weighted by Crippen LogP contribution is 2.44. The van der Waals surface area contributed by atoms with E-state index in [0.717, 1.165) is 32.3 Å². The van der Waals surface area contributed by atoms with Gasteiger partial charge < -0.3 is 10.1 Å². The Labute approximate surface area is 89.9 Å². The van der Waals surface area contributed by atoms with E-state index in [4.69, 9.17) is 4.74 Å². The molecule has 0 aromatic carbocycles. The summed E-state index contributed by atoms with van der Waals surface area (Å²) in [6.07, 6.45) is 10.4. The molecule has 2 heterocycles. The molecule has 1 aliphatic carbocycles. The Hall–Kier alpha value is -0.830. The molecule has 3 rings (SSSR count). The van der Waals surface area contributed by atoms with Gasteiger partial charge in [0.2, 0.25) is 5.91 Å². The zero-order valence-electron chi connectivity index (χ0n) is 8.92. The van der Waals surface area contributed by atoms with E-state index >= 15 is 0 Å². The van der Waals surface area contributed by atoms with Crippen molar-refractivity contribution >= 4 is 5.91 Å². The minimum Gasteiger partial charge on any atom is -0.375 e. The van der Waals surface area contributed by atoms with Crippen LogP contribution < -0.4 is 5.32 Å². The molecule has 0 radical (unpaired) electrons. The molecule has 1 amide bonds. The van der Waals surface area contributed by atoms with Crippen LogP contribution in [0.4, 0.5) is 0 Å². The fraction of sp³-hybridized carbons (Fsp3) is 0.750. The van der Waals surface area contributed by atoms with Gasteiger partial charge >= 0.3 is 0 Å². The zero-order valence-corrected chi connectivity index (χ0v) is 8.92. The first-order chi connectivity index (χ1) is 7.22. The molecule has 1 N–H and O–H groups in total. The number of rotatable bonds is 0. The lowest BCUT2D eigenvalue weighted by atomic mass is 9.73. The van der Waals surface area contributed by atoms with Crippen LogP contribution in [0.15, 0.2) is 12.2 Å². The number of carbonyl (C=O) groups excluding carboxylic acids is 1. The van der Waals surface area contributed by atoms with E-state index in [1.807, 2.05) is 0 Å². The fourth-order valence-electron chi connectivity index (χ4n) is 3.16. The Morgan fingerprint density at radius 1 is 1.20 bits per heavy atom. The second-order valence-electron chi connectivity index (χ2n) is 5.11. The standard InChI is InChI=1S/C12H17NO2/c14-10-2-4-11(13-10)5-7-12(8-6-11)3-1-9-15-12/h2,4H,1,3,5-9H2,(H,13,14). The zero-order chi connectivity index (χ0) is 10.4. The smallest absolute Gasteiger partial charge is 0.244 e. The van der Waals surface area contributed by atoms with Crippen molar-refractivity contribution in [2.24, 2.45) is 0 Å². The Morgan fingerprint density at radius 3 is 2.53 bits per heavy atom. The highest BCUT2D eigenvalue weighted by molar-refractivity contribution is 5.91. The maximum absolute atomic E-state index is 11.2. The van der Waals surface area contributed by atoms with Crippen molar-refractivity contribution in [3.63, 3.8) is 0 Å². The summed E-state index contributed by atoms with van der Waals surface area (Å²) in [5, 5.41) is 3.07. The molecule has 1 saturated heterocycles. The monoisotopic (exact) mass is 207 g/mol. The molecule has 0 unspecified atom stereocenters. The highest BCUT2D eigenvalue weighted by atomic mass is 16.5. The van der Waals surface area contributed by atoms with Crippen molar-refractivity contribution in [1.82, 2.24) is 5.32 Å². The van der Waals surface area contributed by atoms with Crippen LogP contribution in [0.1, 0.15) is 38.5 Å². The Balaban J connectivity index is 1.70. The van der Waals surface area contributed by atoms with Crippen LogP contribution in [-0.4, -0.2) is 23.7 Å². The van der Waals surface area contributed by atoms with Gasteiger partial charge in [-0.15, -0.1) is 0 Å². The molecule has 0 aromatic rings. The van der Waals surface area contributed by atoms with Gasteiger partial charge in [0, 0.05) is 12.7 Å². The third-order valence-corrected chi connectivity index (χ3v) is 4.16. The van der Waals surface area contributed by atoms with Crippen LogP contribution in [0.5, 0.6) is 0 Å². The number of hydrogen-bond acceptors (Lipinski definition) is 2. The molecule has 3 nitrogen and oxygen atoms in total. The summed E-state index contributed by atoms with van der Waals surface area (Å²) in [5.74, 6) is 0.0679. The van der Waals surface area contributed by atoms with E-state index < -0.39 is 0 Å². The van der Waals surface area contributed by atoms with Crippen LogP contribution >= 0.6 is 0 Å². The average Bonchev–Trinajstić information content (AvgIpc) is 2.81. The molecule has 15 heavy (non-hydrogen) atoms. The lowest BCUT2D eigenvalue weighted by molar-refractivity contribution is -0.117. The minimum atomic E-state index is -0.0334. The molecule has 3 heteroatoms. The maximum Gasteiger partial charge on any atom is 0.244 e. The van der Waals surface area contributed by atoms with Crippen LogP contribution in [0, 0.1) is 0 Å². The first kappa shape index (κ1) is 9.40.